The van der Waals surface area contributed by atoms with Gasteiger partial charge >= 0.3 is 18.0 Å². The Balaban J connectivity index is 0.00000504. The lowest BCUT2D eigenvalue weighted by Gasteiger charge is -2.72. The maximum Gasteiger partial charge on any atom is 0.321 e. The maximum atomic E-state index is 13.9. The van der Waals surface area contributed by atoms with Crippen LogP contribution in [0.2, 0.25) is 0 Å². The monoisotopic (exact) mass is 726 g/mol. The first kappa shape index (κ1) is 39.2. The minimum Gasteiger partial charge on any atom is -0.481 e. The summed E-state index contributed by atoms with van der Waals surface area (Å²) in [5.41, 5.74) is -0.0520. The standard InChI is InChI=1S/C40H58N4O6.ClH/c1-23(2)31-25(45)20-40(44-34(49)43-29-14-19-41-22-42-29)18-17-38(8)24(32(31)40)10-11-27-37(7)15-13-28(50-30(46)21-35(3,4)33(47)48)36(5,6)26(37)12-16-39(27,38)9;/h14,19,22-24,26-28H,10-13,15-18,20-21H2,1-9H3,(H,47,48)(H2,41,42,43,44,49);1H/t24-,26+,27-,28+,37+,38-,39-,40-;/m1./s1. The molecule has 0 aromatic carbocycles. The van der Waals surface area contributed by atoms with E-state index in [-0.39, 0.29) is 70.2 Å². The molecule has 1 aromatic rings. The molecule has 5 aliphatic rings. The molecule has 8 atom stereocenters. The third-order valence-electron chi connectivity index (χ3n) is 15.0. The summed E-state index contributed by atoms with van der Waals surface area (Å²) in [7, 11) is 0. The number of fused-ring (bicyclic) bond motifs is 7. The fourth-order valence-corrected chi connectivity index (χ4v) is 12.3. The second-order valence-electron chi connectivity index (χ2n) is 18.7. The number of hydrogen-bond acceptors (Lipinski definition) is 7. The molecule has 0 spiro atoms. The van der Waals surface area contributed by atoms with Gasteiger partial charge in [-0.05, 0) is 122 Å². The van der Waals surface area contributed by atoms with Gasteiger partial charge in [-0.3, -0.25) is 19.7 Å². The number of amides is 2. The van der Waals surface area contributed by atoms with E-state index in [1.165, 1.54) is 11.9 Å². The second-order valence-corrected chi connectivity index (χ2v) is 18.7. The molecule has 0 radical (unpaired) electrons. The fraction of sp³-hybridized carbons (Fsp3) is 0.750. The number of carbonyl (C=O) groups excluding carboxylic acids is 3. The number of halogens is 1. The Morgan fingerprint density at radius 3 is 2.31 bits per heavy atom. The number of nitrogens with zero attached hydrogens (tertiary/aromatic N) is 2. The SMILES string of the molecule is CC(C)C1=C2[C@H]3CC[C@@H]4[C@@]5(C)CC[C@H](OC(=O)CC(C)(C)C(=O)O)C(C)(C)[C@@H]5CC[C@@]4(C)[C@]3(C)CC[C@@]2(NC(=O)Nc2ccncn2)CC1=O.Cl. The number of carboxylic acid groups (broad SMARTS) is 1. The van der Waals surface area contributed by atoms with Crippen LogP contribution < -0.4 is 10.6 Å². The lowest BCUT2D eigenvalue weighted by atomic mass is 9.33. The summed E-state index contributed by atoms with van der Waals surface area (Å²) in [6.07, 6.45) is 10.3. The van der Waals surface area contributed by atoms with E-state index in [4.69, 9.17) is 4.74 Å². The first-order valence-corrected chi connectivity index (χ1v) is 18.8. The number of esters is 1. The second kappa shape index (κ2) is 13.1. The van der Waals surface area contributed by atoms with E-state index < -0.39 is 22.9 Å². The highest BCUT2D eigenvalue weighted by Crippen LogP contribution is 2.76. The van der Waals surface area contributed by atoms with Crippen LogP contribution in [0.3, 0.4) is 0 Å². The van der Waals surface area contributed by atoms with Crippen LogP contribution in [-0.4, -0.2) is 50.5 Å². The Morgan fingerprint density at radius 1 is 0.980 bits per heavy atom. The Kier molecular flexibility index (Phi) is 10.1. The summed E-state index contributed by atoms with van der Waals surface area (Å²) >= 11 is 0. The fourth-order valence-electron chi connectivity index (χ4n) is 12.3. The molecule has 0 unspecified atom stereocenters. The normalized spacial score (nSPS) is 36.9. The molecule has 4 fully saturated rings. The highest BCUT2D eigenvalue weighted by atomic mass is 35.5. The van der Waals surface area contributed by atoms with Crippen molar-refractivity contribution >= 4 is 42.0 Å². The van der Waals surface area contributed by atoms with Gasteiger partial charge in [0.2, 0.25) is 0 Å². The number of allylic oxidation sites excluding steroid dienone is 1. The number of aliphatic carboxylic acids is 1. The number of ether oxygens (including phenoxy) is 1. The van der Waals surface area contributed by atoms with E-state index >= 15 is 0 Å². The summed E-state index contributed by atoms with van der Waals surface area (Å²) in [6.45, 7) is 19.4. The van der Waals surface area contributed by atoms with Crippen molar-refractivity contribution in [1.82, 2.24) is 15.3 Å². The van der Waals surface area contributed by atoms with Gasteiger partial charge in [0.15, 0.2) is 5.78 Å². The number of ketones is 1. The van der Waals surface area contributed by atoms with Crippen molar-refractivity contribution in [3.8, 4) is 0 Å². The number of carboxylic acids is 1. The van der Waals surface area contributed by atoms with Gasteiger partial charge in [0.1, 0.15) is 18.2 Å². The van der Waals surface area contributed by atoms with Gasteiger partial charge in [-0.15, -0.1) is 12.4 Å². The molecule has 11 heteroatoms. The molecule has 1 aromatic heterocycles. The van der Waals surface area contributed by atoms with Crippen LogP contribution in [0.25, 0.3) is 0 Å². The number of urea groups is 1. The first-order chi connectivity index (χ1) is 23.2. The van der Waals surface area contributed by atoms with E-state index in [2.05, 4.69) is 69.1 Å². The highest BCUT2D eigenvalue weighted by molar-refractivity contribution is 6.03. The van der Waals surface area contributed by atoms with Crippen LogP contribution in [0.1, 0.15) is 127 Å². The summed E-state index contributed by atoms with van der Waals surface area (Å²) in [4.78, 5) is 60.3. The molecule has 6 rings (SSSR count). The Morgan fingerprint density at radius 2 is 1.69 bits per heavy atom. The Labute approximate surface area is 309 Å². The number of Topliss-reactive ketones (excluding diaryl/α,β-unsaturated/α-hetero) is 1. The van der Waals surface area contributed by atoms with Gasteiger partial charge < -0.3 is 15.2 Å². The predicted octanol–water partition coefficient (Wildman–Crippen LogP) is 8.17. The molecule has 2 amide bonds. The number of nitrogens with one attached hydrogen (secondary N) is 2. The van der Waals surface area contributed by atoms with Crippen LogP contribution in [0.4, 0.5) is 10.6 Å². The highest BCUT2D eigenvalue weighted by Gasteiger charge is 2.70. The lowest BCUT2D eigenvalue weighted by molar-refractivity contribution is -0.232. The zero-order valence-electron chi connectivity index (χ0n) is 32.0. The average Bonchev–Trinajstić information content (AvgIpc) is 3.30. The third-order valence-corrected chi connectivity index (χ3v) is 15.0. The zero-order valence-corrected chi connectivity index (χ0v) is 32.8. The van der Waals surface area contributed by atoms with Crippen LogP contribution in [0, 0.1) is 50.7 Å². The first-order valence-electron chi connectivity index (χ1n) is 18.8. The predicted molar refractivity (Wildman–Crippen MR) is 197 cm³/mol. The summed E-state index contributed by atoms with van der Waals surface area (Å²) < 4.78 is 6.14. The molecule has 51 heavy (non-hydrogen) atoms. The minimum absolute atomic E-state index is 0. The molecule has 3 N–H and O–H groups in total. The van der Waals surface area contributed by atoms with E-state index in [1.807, 2.05) is 0 Å². The number of carbonyl (C=O) groups is 4. The Bertz CT molecular complexity index is 1610. The van der Waals surface area contributed by atoms with Crippen molar-refractivity contribution in [1.29, 1.82) is 0 Å². The molecule has 282 valence electrons. The minimum atomic E-state index is -1.17. The van der Waals surface area contributed by atoms with Crippen LogP contribution in [-0.2, 0) is 19.1 Å². The quantitative estimate of drug-likeness (QED) is 0.239. The molecule has 4 saturated carbocycles. The van der Waals surface area contributed by atoms with Crippen molar-refractivity contribution < 1.29 is 29.0 Å². The summed E-state index contributed by atoms with van der Waals surface area (Å²) in [5.74, 6) is 0.196. The number of rotatable bonds is 7. The van der Waals surface area contributed by atoms with Crippen LogP contribution in [0.15, 0.2) is 29.7 Å². The van der Waals surface area contributed by atoms with Gasteiger partial charge in [0.25, 0.3) is 0 Å². The van der Waals surface area contributed by atoms with E-state index in [1.54, 1.807) is 26.1 Å². The molecule has 5 aliphatic carbocycles. The molecular formula is C40H59ClN4O6. The van der Waals surface area contributed by atoms with Gasteiger partial charge in [-0.2, -0.15) is 0 Å². The number of hydrogen-bond donors (Lipinski definition) is 3. The summed E-state index contributed by atoms with van der Waals surface area (Å²) in [6, 6.07) is 1.31. The maximum absolute atomic E-state index is 13.9. The average molecular weight is 727 g/mol. The van der Waals surface area contributed by atoms with Crippen molar-refractivity contribution in [2.24, 2.45) is 50.7 Å². The smallest absolute Gasteiger partial charge is 0.321 e. The number of anilines is 1. The van der Waals surface area contributed by atoms with Crippen molar-refractivity contribution in [2.45, 2.75) is 138 Å². The molecule has 0 saturated heterocycles. The van der Waals surface area contributed by atoms with Gasteiger partial charge in [-0.25, -0.2) is 14.8 Å². The lowest BCUT2D eigenvalue weighted by Crippen LogP contribution is -2.67. The van der Waals surface area contributed by atoms with Gasteiger partial charge in [0.05, 0.1) is 17.4 Å². The number of aromatic nitrogens is 2. The topological polar surface area (TPSA) is 148 Å². The Hall–Kier alpha value is -3.01. The molecule has 0 bridgehead atoms. The largest absolute Gasteiger partial charge is 0.481 e. The van der Waals surface area contributed by atoms with Gasteiger partial charge in [-0.1, -0.05) is 48.5 Å². The van der Waals surface area contributed by atoms with E-state index in [0.29, 0.717) is 30.5 Å². The molecule has 1 heterocycles. The van der Waals surface area contributed by atoms with E-state index in [0.717, 1.165) is 50.5 Å². The van der Waals surface area contributed by atoms with E-state index in [9.17, 15) is 24.3 Å². The van der Waals surface area contributed by atoms with Gasteiger partial charge in [0, 0.05) is 18.0 Å². The third kappa shape index (κ3) is 6.09. The molecule has 10 nitrogen and oxygen atoms in total. The van der Waals surface area contributed by atoms with Crippen molar-refractivity contribution in [2.75, 3.05) is 5.32 Å². The van der Waals surface area contributed by atoms with Crippen molar-refractivity contribution in [3.05, 3.63) is 29.7 Å². The zero-order chi connectivity index (χ0) is 36.7. The summed E-state index contributed by atoms with van der Waals surface area (Å²) in [5, 5.41) is 15.8. The van der Waals surface area contributed by atoms with Crippen LogP contribution >= 0.6 is 12.4 Å². The van der Waals surface area contributed by atoms with Crippen molar-refractivity contribution in [3.63, 3.8) is 0 Å². The molecular weight excluding hydrogens is 668 g/mol. The molecule has 0 aliphatic heterocycles. The van der Waals surface area contributed by atoms with Crippen LogP contribution in [0.5, 0.6) is 0 Å².